The summed E-state index contributed by atoms with van der Waals surface area (Å²) >= 11 is 0. The minimum absolute atomic E-state index is 0.0176. The average Bonchev–Trinajstić information content (AvgIpc) is 3.65. The maximum absolute atomic E-state index is 14.7. The maximum atomic E-state index is 14.7. The third kappa shape index (κ3) is 7.75. The molecular weight excluding hydrogens is 548 g/mol. The molecule has 11 heteroatoms. The molecular formula is C29H36F4N2O4S. The van der Waals surface area contributed by atoms with Gasteiger partial charge in [0, 0.05) is 12.5 Å². The van der Waals surface area contributed by atoms with Crippen molar-refractivity contribution in [3.63, 3.8) is 0 Å². The smallest absolute Gasteiger partial charge is 0.454 e. The molecule has 40 heavy (non-hydrogen) atoms. The average molecular weight is 585 g/mol. The van der Waals surface area contributed by atoms with Gasteiger partial charge >= 0.3 is 12.1 Å². The van der Waals surface area contributed by atoms with E-state index < -0.39 is 57.4 Å². The largest absolute Gasteiger partial charge is 0.490 e. The summed E-state index contributed by atoms with van der Waals surface area (Å²) in [6, 6.07) is 9.34. The van der Waals surface area contributed by atoms with Gasteiger partial charge in [-0.05, 0) is 65.3 Å². The number of sulfone groups is 1. The van der Waals surface area contributed by atoms with Gasteiger partial charge in [0.2, 0.25) is 0 Å². The Bertz CT molecular complexity index is 1350. The number of nitrogens with two attached hydrogens (primary N) is 1. The molecule has 2 aliphatic rings. The van der Waals surface area contributed by atoms with E-state index in [-0.39, 0.29) is 24.1 Å². The molecule has 6 nitrogen and oxygen atoms in total. The number of hydrogen-bond acceptors (Lipinski definition) is 6. The van der Waals surface area contributed by atoms with Gasteiger partial charge in [-0.25, -0.2) is 17.6 Å². The van der Waals surface area contributed by atoms with Gasteiger partial charge < -0.3 is 15.8 Å². The predicted octanol–water partition coefficient (Wildman–Crippen LogP) is 4.88. The van der Waals surface area contributed by atoms with Crippen LogP contribution in [0.4, 0.5) is 23.2 Å². The highest BCUT2D eigenvalue weighted by Gasteiger charge is 2.48. The molecule has 1 aliphatic heterocycles. The molecule has 3 N–H and O–H groups in total. The topological polar surface area (TPSA) is 98.5 Å². The number of carbonyl (C=O) groups is 1. The van der Waals surface area contributed by atoms with Crippen molar-refractivity contribution in [1.82, 2.24) is 5.32 Å². The van der Waals surface area contributed by atoms with Crippen LogP contribution in [0, 0.1) is 17.7 Å². The van der Waals surface area contributed by atoms with Crippen molar-refractivity contribution in [2.75, 3.05) is 17.2 Å². The summed E-state index contributed by atoms with van der Waals surface area (Å²) in [5.74, 6) is -4.67. The second-order valence-electron chi connectivity index (χ2n) is 12.1. The Labute approximate surface area is 232 Å². The summed E-state index contributed by atoms with van der Waals surface area (Å²) in [6.45, 7) is 6.28. The molecule has 0 bridgehead atoms. The Morgan fingerprint density at radius 1 is 1.05 bits per heavy atom. The standard InChI is InChI=1S/C29H36F4N2O4S/c1-28(2,3)22-6-4-5-18(12-22)14-35-24-16-40(37,38)15-21(26(24)39-27(36)29(31,32)33)11-19-10-20(9-17-7-8-17)25(34)23(30)13-19/h4-6,10,12-13,17,21,24,26,35H,7-9,11,14-16,34H2,1-3H3/t21-,24+,26+/m1/s1. The van der Waals surface area contributed by atoms with Gasteiger partial charge in [0.15, 0.2) is 9.84 Å². The molecule has 0 unspecified atom stereocenters. The number of nitrogens with one attached hydrogen (secondary N) is 1. The Hall–Kier alpha value is -2.66. The molecule has 2 fully saturated rings. The van der Waals surface area contributed by atoms with Crippen molar-refractivity contribution in [2.45, 2.75) is 76.7 Å². The van der Waals surface area contributed by atoms with Crippen molar-refractivity contribution in [2.24, 2.45) is 11.8 Å². The maximum Gasteiger partial charge on any atom is 0.490 e. The lowest BCUT2D eigenvalue weighted by Gasteiger charge is -2.38. The van der Waals surface area contributed by atoms with Gasteiger partial charge in [-0.1, -0.05) is 51.1 Å². The lowest BCUT2D eigenvalue weighted by molar-refractivity contribution is -0.208. The third-order valence-electron chi connectivity index (χ3n) is 7.58. The summed E-state index contributed by atoms with van der Waals surface area (Å²) in [4.78, 5) is 11.9. The monoisotopic (exact) mass is 584 g/mol. The second-order valence-corrected chi connectivity index (χ2v) is 14.3. The van der Waals surface area contributed by atoms with Crippen molar-refractivity contribution in [1.29, 1.82) is 0 Å². The van der Waals surface area contributed by atoms with E-state index in [2.05, 4.69) is 5.32 Å². The summed E-state index contributed by atoms with van der Waals surface area (Å²) in [7, 11) is -3.73. The second kappa shape index (κ2) is 11.3. The molecule has 1 saturated carbocycles. The zero-order chi connectivity index (χ0) is 29.5. The first-order valence-corrected chi connectivity index (χ1v) is 15.2. The lowest BCUT2D eigenvalue weighted by Crippen LogP contribution is -2.57. The fourth-order valence-electron chi connectivity index (χ4n) is 5.26. The van der Waals surface area contributed by atoms with Crippen LogP contribution < -0.4 is 11.1 Å². The highest BCUT2D eigenvalue weighted by molar-refractivity contribution is 7.91. The van der Waals surface area contributed by atoms with Crippen molar-refractivity contribution in [3.05, 3.63) is 64.5 Å². The van der Waals surface area contributed by atoms with Gasteiger partial charge in [-0.3, -0.25) is 0 Å². The lowest BCUT2D eigenvalue weighted by atomic mass is 9.86. The highest BCUT2D eigenvalue weighted by atomic mass is 32.2. The molecule has 1 heterocycles. The normalized spacial score (nSPS) is 23.1. The predicted molar refractivity (Wildman–Crippen MR) is 145 cm³/mol. The van der Waals surface area contributed by atoms with Gasteiger partial charge in [-0.15, -0.1) is 0 Å². The quantitative estimate of drug-likeness (QED) is 0.261. The van der Waals surface area contributed by atoms with Gasteiger partial charge in [0.25, 0.3) is 0 Å². The number of halogens is 4. The number of ether oxygens (including phenoxy) is 1. The first-order chi connectivity index (χ1) is 18.5. The van der Waals surface area contributed by atoms with E-state index >= 15 is 0 Å². The molecule has 4 rings (SSSR count). The number of benzene rings is 2. The van der Waals surface area contributed by atoms with Crippen LogP contribution in [-0.4, -0.2) is 44.2 Å². The van der Waals surface area contributed by atoms with E-state index in [0.717, 1.165) is 24.0 Å². The first-order valence-electron chi connectivity index (χ1n) is 13.4. The minimum atomic E-state index is -5.25. The third-order valence-corrected chi connectivity index (χ3v) is 9.38. The minimum Gasteiger partial charge on any atom is -0.454 e. The molecule has 220 valence electrons. The molecule has 1 aliphatic carbocycles. The van der Waals surface area contributed by atoms with Crippen LogP contribution in [0.5, 0.6) is 0 Å². The van der Waals surface area contributed by atoms with Crippen LogP contribution in [0.1, 0.15) is 55.9 Å². The van der Waals surface area contributed by atoms with E-state index in [9.17, 15) is 30.8 Å². The van der Waals surface area contributed by atoms with E-state index in [1.54, 1.807) is 6.07 Å². The van der Waals surface area contributed by atoms with Crippen LogP contribution in [0.3, 0.4) is 0 Å². The first kappa shape index (κ1) is 30.3. The molecule has 0 amide bonds. The fraction of sp³-hybridized carbons (Fsp3) is 0.552. The zero-order valence-electron chi connectivity index (χ0n) is 22.9. The van der Waals surface area contributed by atoms with Crippen LogP contribution in [0.2, 0.25) is 0 Å². The number of rotatable bonds is 8. The van der Waals surface area contributed by atoms with Crippen LogP contribution in [0.25, 0.3) is 0 Å². The fourth-order valence-corrected chi connectivity index (χ4v) is 7.21. The van der Waals surface area contributed by atoms with E-state index in [0.29, 0.717) is 23.5 Å². The highest BCUT2D eigenvalue weighted by Crippen LogP contribution is 2.36. The van der Waals surface area contributed by atoms with Crippen molar-refractivity contribution < 1.29 is 35.5 Å². The van der Waals surface area contributed by atoms with E-state index in [1.807, 2.05) is 45.0 Å². The van der Waals surface area contributed by atoms with Gasteiger partial charge in [-0.2, -0.15) is 13.2 Å². The summed E-state index contributed by atoms with van der Waals surface area (Å²) in [6.07, 6.45) is -4.17. The Kier molecular flexibility index (Phi) is 8.57. The summed E-state index contributed by atoms with van der Waals surface area (Å²) < 4.78 is 85.3. The molecule has 2 aromatic rings. The molecule has 0 radical (unpaired) electrons. The number of anilines is 1. The number of esters is 1. The van der Waals surface area contributed by atoms with Gasteiger partial charge in [0.05, 0.1) is 23.2 Å². The zero-order valence-corrected chi connectivity index (χ0v) is 23.7. The Morgan fingerprint density at radius 3 is 2.38 bits per heavy atom. The molecule has 3 atom stereocenters. The Balaban J connectivity index is 1.62. The molecule has 0 spiro atoms. The van der Waals surface area contributed by atoms with Crippen LogP contribution in [0.15, 0.2) is 36.4 Å². The Morgan fingerprint density at radius 2 is 1.75 bits per heavy atom. The summed E-state index contributed by atoms with van der Waals surface area (Å²) in [5, 5.41) is 3.04. The SMILES string of the molecule is CC(C)(C)c1cccc(CN[C@H]2CS(=O)(=O)C[C@@H](Cc3cc(F)c(N)c(CC4CC4)c3)[C@@H]2OC(=O)C(F)(F)F)c1. The number of carbonyl (C=O) groups excluding carboxylic acids is 1. The number of alkyl halides is 3. The van der Waals surface area contributed by atoms with Crippen LogP contribution in [-0.2, 0) is 44.2 Å². The van der Waals surface area contributed by atoms with Crippen molar-refractivity contribution >= 4 is 21.5 Å². The molecule has 2 aromatic carbocycles. The van der Waals surface area contributed by atoms with E-state index in [4.69, 9.17) is 10.5 Å². The van der Waals surface area contributed by atoms with Crippen LogP contribution >= 0.6 is 0 Å². The van der Waals surface area contributed by atoms with Gasteiger partial charge in [0.1, 0.15) is 11.9 Å². The number of nitrogen functional groups attached to an aromatic ring is 1. The van der Waals surface area contributed by atoms with Crippen molar-refractivity contribution in [3.8, 4) is 0 Å². The van der Waals surface area contributed by atoms with E-state index in [1.165, 1.54) is 6.07 Å². The summed E-state index contributed by atoms with van der Waals surface area (Å²) in [5.41, 5.74) is 8.62. The molecule has 0 aromatic heterocycles. The molecule has 1 saturated heterocycles. The number of hydrogen-bond donors (Lipinski definition) is 2.